The van der Waals surface area contributed by atoms with E-state index in [1.54, 1.807) is 14.2 Å². The Morgan fingerprint density at radius 2 is 1.32 bits per heavy atom. The molecule has 1 aliphatic heterocycles. The molecule has 6 heteroatoms. The molecule has 2 fully saturated rings. The Kier molecular flexibility index (Phi) is 9.05. The van der Waals surface area contributed by atoms with Crippen molar-refractivity contribution < 1.29 is 19.1 Å². The van der Waals surface area contributed by atoms with Gasteiger partial charge in [-0.2, -0.15) is 0 Å². The summed E-state index contributed by atoms with van der Waals surface area (Å²) in [5, 5.41) is 2.93. The van der Waals surface area contributed by atoms with Crippen molar-refractivity contribution in [1.82, 2.24) is 0 Å². The van der Waals surface area contributed by atoms with Gasteiger partial charge >= 0.3 is 0 Å². The van der Waals surface area contributed by atoms with Crippen LogP contribution in [0.5, 0.6) is 11.5 Å². The lowest BCUT2D eigenvalue weighted by Gasteiger charge is -2.15. The predicted molar refractivity (Wildman–Crippen MR) is 164 cm³/mol. The highest BCUT2D eigenvalue weighted by molar-refractivity contribution is 9.10. The Bertz CT molecular complexity index is 1420. The average Bonchev–Trinajstić information content (AvgIpc) is 3.76. The molecule has 3 aromatic rings. The zero-order chi connectivity index (χ0) is 28.1. The van der Waals surface area contributed by atoms with Crippen molar-refractivity contribution in [1.29, 1.82) is 0 Å². The van der Waals surface area contributed by atoms with Crippen molar-refractivity contribution in [2.75, 3.05) is 19.5 Å². The van der Waals surface area contributed by atoms with Crippen molar-refractivity contribution in [2.45, 2.75) is 63.2 Å². The Hall–Kier alpha value is -3.38. The van der Waals surface area contributed by atoms with Gasteiger partial charge in [-0.15, -0.1) is 0 Å². The SMILES string of the molecule is COc1ccc(C=C2C(=O)Nc3ccc(Br)cc32)cc1C1CCCC1.COc1ccc(C=O)cc1C1CCCC1. The second kappa shape index (κ2) is 12.9. The van der Waals surface area contributed by atoms with E-state index in [2.05, 4.69) is 27.3 Å². The number of benzene rings is 3. The van der Waals surface area contributed by atoms with E-state index in [1.807, 2.05) is 54.6 Å². The number of hydrogen-bond donors (Lipinski definition) is 1. The largest absolute Gasteiger partial charge is 0.496 e. The summed E-state index contributed by atoms with van der Waals surface area (Å²) >= 11 is 3.49. The van der Waals surface area contributed by atoms with Crippen LogP contribution in [0.15, 0.2) is 59.1 Å². The molecule has 0 saturated heterocycles. The number of ether oxygens (including phenoxy) is 2. The van der Waals surface area contributed by atoms with Gasteiger partial charge in [0.2, 0.25) is 0 Å². The fourth-order valence-corrected chi connectivity index (χ4v) is 6.61. The maximum Gasteiger partial charge on any atom is 0.256 e. The Labute approximate surface area is 245 Å². The normalized spacial score (nSPS) is 17.8. The van der Waals surface area contributed by atoms with Crippen LogP contribution in [-0.4, -0.2) is 26.4 Å². The number of carbonyl (C=O) groups is 2. The molecule has 5 nitrogen and oxygen atoms in total. The van der Waals surface area contributed by atoms with E-state index in [-0.39, 0.29) is 5.91 Å². The van der Waals surface area contributed by atoms with Gasteiger partial charge in [0.25, 0.3) is 5.91 Å². The third kappa shape index (κ3) is 6.17. The van der Waals surface area contributed by atoms with E-state index < -0.39 is 0 Å². The zero-order valence-corrected chi connectivity index (χ0v) is 24.8. The lowest BCUT2D eigenvalue weighted by atomic mass is 9.94. The first-order valence-electron chi connectivity index (χ1n) is 14.1. The van der Waals surface area contributed by atoms with Gasteiger partial charge in [-0.1, -0.05) is 47.7 Å². The number of nitrogens with one attached hydrogen (secondary N) is 1. The summed E-state index contributed by atoms with van der Waals surface area (Å²) in [5.74, 6) is 2.97. The van der Waals surface area contributed by atoms with Gasteiger partial charge in [-0.05, 0) is 109 Å². The predicted octanol–water partition coefficient (Wildman–Crippen LogP) is 8.77. The number of amides is 1. The van der Waals surface area contributed by atoms with Crippen molar-refractivity contribution in [3.8, 4) is 11.5 Å². The highest BCUT2D eigenvalue weighted by atomic mass is 79.9. The van der Waals surface area contributed by atoms with Crippen LogP contribution in [0.25, 0.3) is 11.6 Å². The quantitative estimate of drug-likeness (QED) is 0.226. The zero-order valence-electron chi connectivity index (χ0n) is 23.2. The molecule has 40 heavy (non-hydrogen) atoms. The van der Waals surface area contributed by atoms with Gasteiger partial charge in [0.1, 0.15) is 17.8 Å². The second-order valence-electron chi connectivity index (χ2n) is 10.8. The molecule has 0 unspecified atom stereocenters. The molecule has 1 amide bonds. The molecular formula is C34H36BrNO4. The molecule has 6 rings (SSSR count). The summed E-state index contributed by atoms with van der Waals surface area (Å²) in [5.41, 5.74) is 6.78. The average molecular weight is 603 g/mol. The summed E-state index contributed by atoms with van der Waals surface area (Å²) < 4.78 is 11.9. The maximum absolute atomic E-state index is 12.4. The van der Waals surface area contributed by atoms with E-state index in [1.165, 1.54) is 62.5 Å². The summed E-state index contributed by atoms with van der Waals surface area (Å²) in [6.07, 6.45) is 12.9. The summed E-state index contributed by atoms with van der Waals surface area (Å²) in [7, 11) is 3.42. The number of aldehydes is 1. The number of rotatable bonds is 6. The first-order valence-corrected chi connectivity index (χ1v) is 14.9. The van der Waals surface area contributed by atoms with Crippen LogP contribution in [0.3, 0.4) is 0 Å². The van der Waals surface area contributed by atoms with E-state index >= 15 is 0 Å². The standard InChI is InChI=1S/C21H20BrNO2.C13H16O2/c1-25-20-9-6-13(10-16(20)14-4-2-3-5-14)11-18-17-12-15(22)7-8-19(17)23-21(18)24;1-15-13-7-6-10(9-14)8-12(13)11-4-2-3-5-11/h6-12,14H,2-5H2,1H3,(H,23,24);6-9,11H,2-5H2,1H3. The van der Waals surface area contributed by atoms with E-state index in [4.69, 9.17) is 9.47 Å². The molecule has 3 aromatic carbocycles. The number of fused-ring (bicyclic) bond motifs is 1. The third-order valence-corrected chi connectivity index (χ3v) is 8.80. The van der Waals surface area contributed by atoms with Crippen LogP contribution >= 0.6 is 15.9 Å². The number of hydrogen-bond acceptors (Lipinski definition) is 4. The Morgan fingerprint density at radius 1 is 0.775 bits per heavy atom. The second-order valence-corrected chi connectivity index (χ2v) is 11.7. The maximum atomic E-state index is 12.4. The molecule has 0 aromatic heterocycles. The highest BCUT2D eigenvalue weighted by Gasteiger charge is 2.25. The fraction of sp³-hybridized carbons (Fsp3) is 0.353. The number of halogens is 1. The molecule has 1 N–H and O–H groups in total. The van der Waals surface area contributed by atoms with Gasteiger partial charge in [-0.3, -0.25) is 9.59 Å². The van der Waals surface area contributed by atoms with Gasteiger partial charge in [0, 0.05) is 26.9 Å². The van der Waals surface area contributed by atoms with Crippen molar-refractivity contribution in [3.05, 3.63) is 86.9 Å². The molecule has 1 heterocycles. The Balaban J connectivity index is 0.000000184. The van der Waals surface area contributed by atoms with E-state index in [0.29, 0.717) is 17.4 Å². The molecule has 0 radical (unpaired) electrons. The van der Waals surface area contributed by atoms with Crippen molar-refractivity contribution in [2.24, 2.45) is 0 Å². The fourth-order valence-electron chi connectivity index (χ4n) is 6.25. The van der Waals surface area contributed by atoms with Crippen LogP contribution in [0.1, 0.15) is 95.8 Å². The van der Waals surface area contributed by atoms with Crippen molar-refractivity contribution in [3.63, 3.8) is 0 Å². The molecule has 2 aliphatic carbocycles. The lowest BCUT2D eigenvalue weighted by Crippen LogP contribution is -2.03. The monoisotopic (exact) mass is 601 g/mol. The minimum Gasteiger partial charge on any atom is -0.496 e. The van der Waals surface area contributed by atoms with Crippen molar-refractivity contribution >= 4 is 45.5 Å². The summed E-state index contributed by atoms with van der Waals surface area (Å²) in [6, 6.07) is 17.8. The number of methoxy groups -OCH3 is 2. The first kappa shape index (κ1) is 28.2. The first-order chi connectivity index (χ1) is 19.5. The van der Waals surface area contributed by atoms with Crippen LogP contribution in [-0.2, 0) is 4.79 Å². The molecular weight excluding hydrogens is 566 g/mol. The van der Waals surface area contributed by atoms with Crippen LogP contribution in [0.2, 0.25) is 0 Å². The number of carbonyl (C=O) groups excluding carboxylic acids is 2. The van der Waals surface area contributed by atoms with E-state index in [9.17, 15) is 9.59 Å². The van der Waals surface area contributed by atoms with Gasteiger partial charge in [0.15, 0.2) is 0 Å². The molecule has 0 bridgehead atoms. The lowest BCUT2D eigenvalue weighted by molar-refractivity contribution is -0.110. The highest BCUT2D eigenvalue weighted by Crippen LogP contribution is 2.41. The summed E-state index contributed by atoms with van der Waals surface area (Å²) in [6.45, 7) is 0. The summed E-state index contributed by atoms with van der Waals surface area (Å²) in [4.78, 5) is 23.1. The molecule has 3 aliphatic rings. The molecule has 0 atom stereocenters. The van der Waals surface area contributed by atoms with Gasteiger partial charge < -0.3 is 14.8 Å². The molecule has 208 valence electrons. The van der Waals surface area contributed by atoms with Gasteiger partial charge in [0.05, 0.1) is 14.2 Å². The minimum atomic E-state index is -0.0497. The molecule has 2 saturated carbocycles. The topological polar surface area (TPSA) is 64.6 Å². The minimum absolute atomic E-state index is 0.0497. The van der Waals surface area contributed by atoms with Crippen LogP contribution in [0.4, 0.5) is 5.69 Å². The van der Waals surface area contributed by atoms with Crippen LogP contribution in [0, 0.1) is 0 Å². The smallest absolute Gasteiger partial charge is 0.256 e. The van der Waals surface area contributed by atoms with Gasteiger partial charge in [-0.25, -0.2) is 0 Å². The van der Waals surface area contributed by atoms with E-state index in [0.717, 1.165) is 44.6 Å². The number of anilines is 1. The molecule has 0 spiro atoms. The third-order valence-electron chi connectivity index (χ3n) is 8.31. The van der Waals surface area contributed by atoms with Crippen LogP contribution < -0.4 is 14.8 Å². The Morgan fingerprint density at radius 3 is 1.88 bits per heavy atom.